The molecule has 0 saturated heterocycles. The van der Waals surface area contributed by atoms with Gasteiger partial charge in [-0.15, -0.1) is 0 Å². The molecule has 0 bridgehead atoms. The van der Waals surface area contributed by atoms with Crippen LogP contribution < -0.4 is 14.8 Å². The minimum atomic E-state index is -0.0541. The van der Waals surface area contributed by atoms with Crippen LogP contribution in [-0.4, -0.2) is 48.9 Å². The molecule has 7 nitrogen and oxygen atoms in total. The highest BCUT2D eigenvalue weighted by molar-refractivity contribution is 5.95. The lowest BCUT2D eigenvalue weighted by Crippen LogP contribution is -2.38. The SMILES string of the molecule is CCn1c(C2CCCC(NC(=O)c3ccc4c(c3)OCCO4)C2)nc2ccccc21.COC. The molecule has 2 aliphatic rings. The predicted octanol–water partition coefficient (Wildman–Crippen LogP) is 4.55. The molecular weight excluding hydrogens is 418 g/mol. The van der Waals surface area contributed by atoms with E-state index < -0.39 is 0 Å². The Labute approximate surface area is 195 Å². The first-order valence-electron chi connectivity index (χ1n) is 11.7. The van der Waals surface area contributed by atoms with Gasteiger partial charge in [0.2, 0.25) is 0 Å². The summed E-state index contributed by atoms with van der Waals surface area (Å²) in [6.45, 7) is 4.13. The minimum absolute atomic E-state index is 0.0541. The van der Waals surface area contributed by atoms with E-state index in [1.54, 1.807) is 26.4 Å². The van der Waals surface area contributed by atoms with Crippen LogP contribution in [0.5, 0.6) is 11.5 Å². The predicted molar refractivity (Wildman–Crippen MR) is 128 cm³/mol. The fourth-order valence-corrected chi connectivity index (χ4v) is 4.75. The van der Waals surface area contributed by atoms with Crippen molar-refractivity contribution in [3.05, 3.63) is 53.9 Å². The third-order valence-corrected chi connectivity index (χ3v) is 6.18. The second-order valence-electron chi connectivity index (χ2n) is 8.50. The normalized spacial score (nSPS) is 19.5. The van der Waals surface area contributed by atoms with E-state index in [1.165, 1.54) is 5.52 Å². The number of para-hydroxylation sites is 2. The van der Waals surface area contributed by atoms with Gasteiger partial charge in [-0.3, -0.25) is 4.79 Å². The molecule has 5 rings (SSSR count). The van der Waals surface area contributed by atoms with Crippen LogP contribution in [0, 0.1) is 0 Å². The first kappa shape index (κ1) is 23.1. The summed E-state index contributed by atoms with van der Waals surface area (Å²) in [7, 11) is 3.25. The quantitative estimate of drug-likeness (QED) is 0.630. The number of hydrogen-bond acceptors (Lipinski definition) is 5. The molecule has 1 fully saturated rings. The van der Waals surface area contributed by atoms with E-state index in [0.717, 1.165) is 43.6 Å². The summed E-state index contributed by atoms with van der Waals surface area (Å²) in [4.78, 5) is 17.8. The van der Waals surface area contributed by atoms with Crippen LogP contribution in [0.1, 0.15) is 54.7 Å². The number of fused-ring (bicyclic) bond motifs is 2. The Morgan fingerprint density at radius 1 is 1.12 bits per heavy atom. The lowest BCUT2D eigenvalue weighted by atomic mass is 9.85. The largest absolute Gasteiger partial charge is 0.486 e. The maximum absolute atomic E-state index is 12.9. The number of aryl methyl sites for hydroxylation is 1. The zero-order chi connectivity index (χ0) is 23.2. The zero-order valence-corrected chi connectivity index (χ0v) is 19.7. The van der Waals surface area contributed by atoms with Crippen molar-refractivity contribution in [1.82, 2.24) is 14.9 Å². The summed E-state index contributed by atoms with van der Waals surface area (Å²) in [5.41, 5.74) is 2.86. The van der Waals surface area contributed by atoms with Crippen molar-refractivity contribution < 1.29 is 19.0 Å². The molecule has 1 N–H and O–H groups in total. The van der Waals surface area contributed by atoms with Gasteiger partial charge < -0.3 is 24.1 Å². The van der Waals surface area contributed by atoms with Crippen LogP contribution in [0.25, 0.3) is 11.0 Å². The van der Waals surface area contributed by atoms with Gasteiger partial charge in [-0.25, -0.2) is 4.98 Å². The number of hydrogen-bond donors (Lipinski definition) is 1. The van der Waals surface area contributed by atoms with Crippen molar-refractivity contribution in [2.75, 3.05) is 27.4 Å². The lowest BCUT2D eigenvalue weighted by molar-refractivity contribution is 0.0923. The van der Waals surface area contributed by atoms with Gasteiger partial charge in [-0.05, 0) is 56.5 Å². The van der Waals surface area contributed by atoms with Crippen LogP contribution in [-0.2, 0) is 11.3 Å². The average molecular weight is 452 g/mol. The maximum atomic E-state index is 12.9. The van der Waals surface area contributed by atoms with Crippen molar-refractivity contribution in [3.63, 3.8) is 0 Å². The molecule has 33 heavy (non-hydrogen) atoms. The first-order chi connectivity index (χ1) is 16.1. The van der Waals surface area contributed by atoms with E-state index in [2.05, 4.69) is 39.7 Å². The van der Waals surface area contributed by atoms with E-state index in [9.17, 15) is 4.79 Å². The second-order valence-corrected chi connectivity index (χ2v) is 8.50. The van der Waals surface area contributed by atoms with Gasteiger partial charge in [0.15, 0.2) is 11.5 Å². The summed E-state index contributed by atoms with van der Waals surface area (Å²) in [6.07, 6.45) is 4.11. The minimum Gasteiger partial charge on any atom is -0.486 e. The maximum Gasteiger partial charge on any atom is 0.251 e. The Morgan fingerprint density at radius 2 is 1.88 bits per heavy atom. The molecule has 0 spiro atoms. The van der Waals surface area contributed by atoms with Gasteiger partial charge in [-0.2, -0.15) is 0 Å². The lowest BCUT2D eigenvalue weighted by Gasteiger charge is -2.30. The van der Waals surface area contributed by atoms with Gasteiger partial charge in [0, 0.05) is 38.3 Å². The topological polar surface area (TPSA) is 74.6 Å². The van der Waals surface area contributed by atoms with Crippen LogP contribution in [0.4, 0.5) is 0 Å². The number of imidazole rings is 1. The third-order valence-electron chi connectivity index (χ3n) is 6.18. The van der Waals surface area contributed by atoms with E-state index >= 15 is 0 Å². The highest BCUT2D eigenvalue weighted by atomic mass is 16.6. The number of carbonyl (C=O) groups is 1. The molecule has 1 aromatic heterocycles. The first-order valence-corrected chi connectivity index (χ1v) is 11.7. The number of benzene rings is 2. The van der Waals surface area contributed by atoms with E-state index in [4.69, 9.17) is 14.5 Å². The number of nitrogens with zero attached hydrogens (tertiary/aromatic N) is 2. The number of ether oxygens (including phenoxy) is 3. The zero-order valence-electron chi connectivity index (χ0n) is 19.7. The van der Waals surface area contributed by atoms with Crippen LogP contribution in [0.2, 0.25) is 0 Å². The smallest absolute Gasteiger partial charge is 0.251 e. The Morgan fingerprint density at radius 3 is 2.67 bits per heavy atom. The second kappa shape index (κ2) is 10.7. The van der Waals surface area contributed by atoms with E-state index in [1.807, 2.05) is 12.1 Å². The fourth-order valence-electron chi connectivity index (χ4n) is 4.75. The number of aromatic nitrogens is 2. The van der Waals surface area contributed by atoms with Gasteiger partial charge in [0.1, 0.15) is 19.0 Å². The molecule has 1 amide bonds. The molecule has 7 heteroatoms. The molecule has 2 unspecified atom stereocenters. The molecule has 176 valence electrons. The Hall–Kier alpha value is -3.06. The Bertz CT molecular complexity index is 1090. The fraction of sp³-hybridized carbons (Fsp3) is 0.462. The van der Waals surface area contributed by atoms with Crippen molar-refractivity contribution in [3.8, 4) is 11.5 Å². The number of amides is 1. The molecular formula is C26H33N3O4. The molecule has 2 aromatic carbocycles. The van der Waals surface area contributed by atoms with Gasteiger partial charge in [0.05, 0.1) is 11.0 Å². The molecule has 2 atom stereocenters. The Balaban J connectivity index is 0.000000821. The van der Waals surface area contributed by atoms with Crippen LogP contribution in [0.3, 0.4) is 0 Å². The summed E-state index contributed by atoms with van der Waals surface area (Å²) < 4.78 is 17.7. The molecule has 1 saturated carbocycles. The van der Waals surface area contributed by atoms with Crippen molar-refractivity contribution in [2.24, 2.45) is 0 Å². The Kier molecular flexibility index (Phi) is 7.50. The molecule has 1 aliphatic carbocycles. The highest BCUT2D eigenvalue weighted by Gasteiger charge is 2.28. The summed E-state index contributed by atoms with van der Waals surface area (Å²) in [6, 6.07) is 13.9. The molecule has 2 heterocycles. The average Bonchev–Trinajstić information content (AvgIpc) is 3.23. The summed E-state index contributed by atoms with van der Waals surface area (Å²) in [5.74, 6) is 2.80. The molecule has 0 radical (unpaired) electrons. The number of nitrogens with one attached hydrogen (secondary N) is 1. The number of rotatable bonds is 4. The number of carbonyl (C=O) groups excluding carboxylic acids is 1. The van der Waals surface area contributed by atoms with Crippen molar-refractivity contribution >= 4 is 16.9 Å². The van der Waals surface area contributed by atoms with Crippen molar-refractivity contribution in [2.45, 2.75) is 51.1 Å². The highest BCUT2D eigenvalue weighted by Crippen LogP contribution is 2.35. The van der Waals surface area contributed by atoms with Crippen LogP contribution >= 0.6 is 0 Å². The standard InChI is InChI=1S/C24H27N3O3.C2H6O/c1-2-27-20-9-4-3-8-19(20)26-23(27)16-6-5-7-18(14-16)25-24(28)17-10-11-21-22(15-17)30-13-12-29-21;1-3-2/h3-4,8-11,15-16,18H,2,5-7,12-14H2,1H3,(H,25,28);1-2H3. The van der Waals surface area contributed by atoms with E-state index in [0.29, 0.717) is 36.2 Å². The monoisotopic (exact) mass is 451 g/mol. The van der Waals surface area contributed by atoms with E-state index in [-0.39, 0.29) is 11.9 Å². The molecule has 3 aromatic rings. The number of methoxy groups -OCH3 is 1. The summed E-state index contributed by atoms with van der Waals surface area (Å²) >= 11 is 0. The van der Waals surface area contributed by atoms with Crippen LogP contribution in [0.15, 0.2) is 42.5 Å². The van der Waals surface area contributed by atoms with Gasteiger partial charge in [-0.1, -0.05) is 18.6 Å². The summed E-state index contributed by atoms with van der Waals surface area (Å²) in [5, 5.41) is 3.24. The molecule has 1 aliphatic heterocycles. The van der Waals surface area contributed by atoms with Gasteiger partial charge in [0.25, 0.3) is 5.91 Å². The van der Waals surface area contributed by atoms with Gasteiger partial charge >= 0.3 is 0 Å². The van der Waals surface area contributed by atoms with Crippen molar-refractivity contribution in [1.29, 1.82) is 0 Å². The third kappa shape index (κ3) is 5.14.